The van der Waals surface area contributed by atoms with Crippen molar-refractivity contribution in [1.82, 2.24) is 10.2 Å². The van der Waals surface area contributed by atoms with E-state index in [0.29, 0.717) is 13.2 Å². The number of halogens is 2. The van der Waals surface area contributed by atoms with Gasteiger partial charge in [-0.25, -0.2) is 8.78 Å². The second-order valence-electron chi connectivity index (χ2n) is 3.00. The molecule has 0 saturated carbocycles. The number of alkyl halides is 2. The molecule has 1 N–H and O–H groups in total. The van der Waals surface area contributed by atoms with Crippen LogP contribution in [0.5, 0.6) is 0 Å². The van der Waals surface area contributed by atoms with Crippen molar-refractivity contribution in [3.63, 3.8) is 0 Å². The Labute approximate surface area is 78.0 Å². The molecule has 1 atom stereocenters. The van der Waals surface area contributed by atoms with Crippen molar-refractivity contribution in [2.75, 3.05) is 40.9 Å². The first-order valence-electron chi connectivity index (χ1n) is 4.23. The van der Waals surface area contributed by atoms with E-state index >= 15 is 0 Å². The average Bonchev–Trinajstić information content (AvgIpc) is 2.02. The summed E-state index contributed by atoms with van der Waals surface area (Å²) in [5.74, 6) is 0. The minimum atomic E-state index is -2.29. The van der Waals surface area contributed by atoms with Gasteiger partial charge in [-0.3, -0.25) is 4.90 Å². The number of ether oxygens (including phenoxy) is 1. The summed E-state index contributed by atoms with van der Waals surface area (Å²) < 4.78 is 29.0. The predicted molar refractivity (Wildman–Crippen MR) is 48.2 cm³/mol. The summed E-state index contributed by atoms with van der Waals surface area (Å²) in [5.41, 5.74) is 0. The van der Waals surface area contributed by atoms with E-state index in [4.69, 9.17) is 4.74 Å². The Hall–Kier alpha value is -0.260. The third-order valence-electron chi connectivity index (χ3n) is 1.85. The molecule has 3 nitrogen and oxygen atoms in total. The summed E-state index contributed by atoms with van der Waals surface area (Å²) >= 11 is 0. The molecular formula is C8H18F2N2O. The normalized spacial score (nSPS) is 14.1. The first kappa shape index (κ1) is 12.7. The van der Waals surface area contributed by atoms with Crippen molar-refractivity contribution in [1.29, 1.82) is 0 Å². The van der Waals surface area contributed by atoms with Crippen LogP contribution in [0.2, 0.25) is 0 Å². The Kier molecular flexibility index (Phi) is 7.03. The van der Waals surface area contributed by atoms with Crippen molar-refractivity contribution in [3.8, 4) is 0 Å². The molecule has 0 fully saturated rings. The van der Waals surface area contributed by atoms with Crippen molar-refractivity contribution in [2.45, 2.75) is 12.5 Å². The average molecular weight is 196 g/mol. The van der Waals surface area contributed by atoms with E-state index in [0.717, 1.165) is 0 Å². The summed E-state index contributed by atoms with van der Waals surface area (Å²) in [6, 6.07) is 0.00370. The van der Waals surface area contributed by atoms with Gasteiger partial charge in [-0.2, -0.15) is 0 Å². The second-order valence-corrected chi connectivity index (χ2v) is 3.00. The minimum Gasteiger partial charge on any atom is -0.383 e. The van der Waals surface area contributed by atoms with Gasteiger partial charge in [0.15, 0.2) is 0 Å². The number of nitrogens with one attached hydrogen (secondary N) is 1. The Balaban J connectivity index is 3.86. The van der Waals surface area contributed by atoms with Crippen molar-refractivity contribution >= 4 is 0 Å². The molecule has 0 bridgehead atoms. The zero-order chi connectivity index (χ0) is 10.3. The fourth-order valence-corrected chi connectivity index (χ4v) is 1.14. The van der Waals surface area contributed by atoms with Crippen LogP contribution in [0.3, 0.4) is 0 Å². The van der Waals surface area contributed by atoms with E-state index < -0.39 is 6.43 Å². The molecule has 1 unspecified atom stereocenters. The highest BCUT2D eigenvalue weighted by atomic mass is 19.3. The van der Waals surface area contributed by atoms with Gasteiger partial charge in [-0.05, 0) is 14.1 Å². The lowest BCUT2D eigenvalue weighted by Gasteiger charge is -2.26. The summed E-state index contributed by atoms with van der Waals surface area (Å²) in [4.78, 5) is 1.60. The quantitative estimate of drug-likeness (QED) is 0.638. The maximum Gasteiger partial charge on any atom is 0.251 e. The van der Waals surface area contributed by atoms with Crippen LogP contribution in [-0.2, 0) is 4.74 Å². The molecule has 80 valence electrons. The fourth-order valence-electron chi connectivity index (χ4n) is 1.14. The summed E-state index contributed by atoms with van der Waals surface area (Å²) in [7, 11) is 5.03. The van der Waals surface area contributed by atoms with Gasteiger partial charge in [0.1, 0.15) is 0 Å². The molecule has 0 aliphatic heterocycles. The molecule has 0 aromatic heterocycles. The molecule has 0 aromatic rings. The minimum absolute atomic E-state index is 0.00370. The summed E-state index contributed by atoms with van der Waals surface area (Å²) in [5, 5.41) is 2.94. The first-order chi connectivity index (χ1) is 6.11. The van der Waals surface area contributed by atoms with E-state index in [-0.39, 0.29) is 12.6 Å². The topological polar surface area (TPSA) is 24.5 Å². The summed E-state index contributed by atoms with van der Waals surface area (Å²) in [6.45, 7) is 0.900. The van der Waals surface area contributed by atoms with E-state index in [1.807, 2.05) is 0 Å². The Morgan fingerprint density at radius 3 is 2.46 bits per heavy atom. The Morgan fingerprint density at radius 2 is 2.08 bits per heavy atom. The van der Waals surface area contributed by atoms with Crippen LogP contribution in [-0.4, -0.2) is 58.3 Å². The zero-order valence-electron chi connectivity index (χ0n) is 8.39. The number of nitrogens with zero attached hydrogens (tertiary/aromatic N) is 1. The van der Waals surface area contributed by atoms with Crippen LogP contribution in [0.25, 0.3) is 0 Å². The maximum absolute atomic E-state index is 12.0. The van der Waals surface area contributed by atoms with Crippen LogP contribution in [0.15, 0.2) is 0 Å². The molecule has 0 heterocycles. The van der Waals surface area contributed by atoms with Gasteiger partial charge >= 0.3 is 0 Å². The number of rotatable bonds is 7. The molecule has 0 radical (unpaired) electrons. The molecule has 0 aliphatic rings. The third-order valence-corrected chi connectivity index (χ3v) is 1.85. The van der Waals surface area contributed by atoms with Crippen molar-refractivity contribution < 1.29 is 13.5 Å². The lowest BCUT2D eigenvalue weighted by Crippen LogP contribution is -2.44. The molecule has 13 heavy (non-hydrogen) atoms. The zero-order valence-corrected chi connectivity index (χ0v) is 8.39. The van der Waals surface area contributed by atoms with Gasteiger partial charge in [0.2, 0.25) is 0 Å². The molecule has 0 aliphatic carbocycles. The first-order valence-corrected chi connectivity index (χ1v) is 4.23. The molecule has 0 aromatic carbocycles. The molecule has 0 spiro atoms. The fraction of sp³-hybridized carbons (Fsp3) is 1.00. The van der Waals surface area contributed by atoms with Gasteiger partial charge in [0.25, 0.3) is 6.43 Å². The standard InChI is InChI=1S/C8H18F2N2O/c1-11-4-7(6-13-3)12(2)5-8(9)10/h7-8,11H,4-6H2,1-3H3. The van der Waals surface area contributed by atoms with Gasteiger partial charge in [-0.15, -0.1) is 0 Å². The Bertz CT molecular complexity index is 119. The van der Waals surface area contributed by atoms with Crippen molar-refractivity contribution in [2.24, 2.45) is 0 Å². The largest absolute Gasteiger partial charge is 0.383 e. The van der Waals surface area contributed by atoms with Gasteiger partial charge in [0.05, 0.1) is 13.2 Å². The highest BCUT2D eigenvalue weighted by Gasteiger charge is 2.17. The molecule has 0 rings (SSSR count). The van der Waals surface area contributed by atoms with Crippen LogP contribution in [0.1, 0.15) is 0 Å². The highest BCUT2D eigenvalue weighted by molar-refractivity contribution is 4.70. The lowest BCUT2D eigenvalue weighted by molar-refractivity contribution is 0.0509. The SMILES string of the molecule is CNCC(COC)N(C)CC(F)F. The Morgan fingerprint density at radius 1 is 1.46 bits per heavy atom. The van der Waals surface area contributed by atoms with Gasteiger partial charge in [-0.1, -0.05) is 0 Å². The summed E-state index contributed by atoms with van der Waals surface area (Å²) in [6.07, 6.45) is -2.29. The molecule has 0 saturated heterocycles. The molecular weight excluding hydrogens is 178 g/mol. The van der Waals surface area contributed by atoms with Crippen LogP contribution >= 0.6 is 0 Å². The van der Waals surface area contributed by atoms with Gasteiger partial charge < -0.3 is 10.1 Å². The number of hydrogen-bond acceptors (Lipinski definition) is 3. The highest BCUT2D eigenvalue weighted by Crippen LogP contribution is 2.01. The number of likely N-dealkylation sites (N-methyl/N-ethyl adjacent to an activating group) is 2. The van der Waals surface area contributed by atoms with Gasteiger partial charge in [0, 0.05) is 19.7 Å². The van der Waals surface area contributed by atoms with E-state index in [2.05, 4.69) is 5.32 Å². The van der Waals surface area contributed by atoms with Crippen molar-refractivity contribution in [3.05, 3.63) is 0 Å². The van der Waals surface area contributed by atoms with Crippen LogP contribution in [0, 0.1) is 0 Å². The monoisotopic (exact) mass is 196 g/mol. The van der Waals surface area contributed by atoms with E-state index in [9.17, 15) is 8.78 Å². The predicted octanol–water partition coefficient (Wildman–Crippen LogP) is 0.418. The smallest absolute Gasteiger partial charge is 0.251 e. The van der Waals surface area contributed by atoms with E-state index in [1.54, 1.807) is 26.1 Å². The van der Waals surface area contributed by atoms with Crippen LogP contribution < -0.4 is 5.32 Å². The maximum atomic E-state index is 12.0. The van der Waals surface area contributed by atoms with E-state index in [1.165, 1.54) is 0 Å². The molecule has 0 amide bonds. The van der Waals surface area contributed by atoms with Crippen LogP contribution in [0.4, 0.5) is 8.78 Å². The lowest BCUT2D eigenvalue weighted by atomic mass is 10.2. The molecule has 5 heteroatoms. The number of hydrogen-bond donors (Lipinski definition) is 1. The second kappa shape index (κ2) is 7.17. The third kappa shape index (κ3) is 5.90. The number of methoxy groups -OCH3 is 1.